The number of carbonyl (C=O) groups is 1. The van der Waals surface area contributed by atoms with Gasteiger partial charge in [0.25, 0.3) is 0 Å². The molecule has 0 bridgehead atoms. The Labute approximate surface area is 111 Å². The van der Waals surface area contributed by atoms with Gasteiger partial charge in [-0.25, -0.2) is 4.39 Å². The molecule has 0 aromatic heterocycles. The zero-order chi connectivity index (χ0) is 13.0. The molecular formula is C14H16ClFO2. The predicted octanol–water partition coefficient (Wildman–Crippen LogP) is 3.41. The molecule has 2 nitrogen and oxygen atoms in total. The Bertz CT molecular complexity index is 408. The molecule has 1 aromatic rings. The third kappa shape index (κ3) is 3.53. The molecule has 1 saturated heterocycles. The van der Waals surface area contributed by atoms with E-state index in [1.54, 1.807) is 12.1 Å². The monoisotopic (exact) mass is 270 g/mol. The van der Waals surface area contributed by atoms with E-state index in [2.05, 4.69) is 0 Å². The fourth-order valence-electron chi connectivity index (χ4n) is 2.24. The zero-order valence-electron chi connectivity index (χ0n) is 10.1. The number of hydrogen-bond donors (Lipinski definition) is 0. The highest BCUT2D eigenvalue weighted by Gasteiger charge is 2.19. The van der Waals surface area contributed by atoms with Gasteiger partial charge in [-0.1, -0.05) is 17.7 Å². The number of ketones is 1. The van der Waals surface area contributed by atoms with Crippen LogP contribution in [0.5, 0.6) is 0 Å². The number of rotatable bonds is 4. The van der Waals surface area contributed by atoms with Crippen molar-refractivity contribution in [2.24, 2.45) is 5.92 Å². The number of ether oxygens (including phenoxy) is 1. The summed E-state index contributed by atoms with van der Waals surface area (Å²) in [6.45, 7) is 1.44. The Balaban J connectivity index is 1.94. The van der Waals surface area contributed by atoms with E-state index in [-0.39, 0.29) is 12.2 Å². The second-order valence-electron chi connectivity index (χ2n) is 4.68. The Morgan fingerprint density at radius 2 is 2.11 bits per heavy atom. The third-order valence-corrected chi connectivity index (χ3v) is 3.65. The lowest BCUT2D eigenvalue weighted by atomic mass is 9.92. The fraction of sp³-hybridized carbons (Fsp3) is 0.500. The van der Waals surface area contributed by atoms with Gasteiger partial charge in [0.05, 0.1) is 0 Å². The first-order valence-electron chi connectivity index (χ1n) is 6.19. The van der Waals surface area contributed by atoms with E-state index in [1.165, 1.54) is 6.07 Å². The van der Waals surface area contributed by atoms with E-state index in [9.17, 15) is 9.18 Å². The maximum atomic E-state index is 13.5. The van der Waals surface area contributed by atoms with Crippen LogP contribution in [0, 0.1) is 11.7 Å². The average molecular weight is 271 g/mol. The van der Waals surface area contributed by atoms with E-state index >= 15 is 0 Å². The smallest absolute Gasteiger partial charge is 0.137 e. The van der Waals surface area contributed by atoms with Crippen molar-refractivity contribution in [1.82, 2.24) is 0 Å². The van der Waals surface area contributed by atoms with Gasteiger partial charge in [0.15, 0.2) is 0 Å². The molecule has 2 rings (SSSR count). The van der Waals surface area contributed by atoms with E-state index in [0.29, 0.717) is 22.9 Å². The Morgan fingerprint density at radius 3 is 2.78 bits per heavy atom. The molecule has 18 heavy (non-hydrogen) atoms. The third-order valence-electron chi connectivity index (χ3n) is 3.29. The van der Waals surface area contributed by atoms with Crippen LogP contribution in [0.2, 0.25) is 5.02 Å². The van der Waals surface area contributed by atoms with Crippen molar-refractivity contribution in [1.29, 1.82) is 0 Å². The van der Waals surface area contributed by atoms with Gasteiger partial charge in [0.2, 0.25) is 0 Å². The molecule has 0 spiro atoms. The molecule has 1 aliphatic rings. The summed E-state index contributed by atoms with van der Waals surface area (Å²) in [6, 6.07) is 4.49. The summed E-state index contributed by atoms with van der Waals surface area (Å²) in [5, 5.41) is 0.329. The molecule has 0 unspecified atom stereocenters. The summed E-state index contributed by atoms with van der Waals surface area (Å²) in [6.07, 6.45) is 2.41. The van der Waals surface area contributed by atoms with Crippen LogP contribution in [0.1, 0.15) is 24.8 Å². The van der Waals surface area contributed by atoms with Gasteiger partial charge < -0.3 is 4.74 Å². The molecule has 0 N–H and O–H groups in total. The molecular weight excluding hydrogens is 255 g/mol. The van der Waals surface area contributed by atoms with Crippen molar-refractivity contribution in [3.63, 3.8) is 0 Å². The second-order valence-corrected chi connectivity index (χ2v) is 5.08. The minimum Gasteiger partial charge on any atom is -0.381 e. The van der Waals surface area contributed by atoms with Crippen LogP contribution in [0.15, 0.2) is 18.2 Å². The SMILES string of the molecule is O=C(Cc1c(F)cccc1Cl)CC1CCOCC1. The molecule has 1 fully saturated rings. The van der Waals surface area contributed by atoms with Crippen LogP contribution >= 0.6 is 11.6 Å². The lowest BCUT2D eigenvalue weighted by Crippen LogP contribution is -2.19. The van der Waals surface area contributed by atoms with Crippen molar-refractivity contribution in [2.45, 2.75) is 25.7 Å². The molecule has 1 heterocycles. The topological polar surface area (TPSA) is 26.3 Å². The van der Waals surface area contributed by atoms with Gasteiger partial charge >= 0.3 is 0 Å². The number of carbonyl (C=O) groups excluding carboxylic acids is 1. The number of benzene rings is 1. The van der Waals surface area contributed by atoms with Gasteiger partial charge in [-0.05, 0) is 30.9 Å². The first kappa shape index (κ1) is 13.5. The highest BCUT2D eigenvalue weighted by atomic mass is 35.5. The van der Waals surface area contributed by atoms with Crippen molar-refractivity contribution in [3.8, 4) is 0 Å². The first-order valence-corrected chi connectivity index (χ1v) is 6.57. The normalized spacial score (nSPS) is 16.8. The maximum Gasteiger partial charge on any atom is 0.137 e. The molecule has 0 saturated carbocycles. The number of halogens is 2. The molecule has 98 valence electrons. The van der Waals surface area contributed by atoms with E-state index in [1.807, 2.05) is 0 Å². The summed E-state index contributed by atoms with van der Waals surface area (Å²) in [4.78, 5) is 11.9. The molecule has 1 aromatic carbocycles. The van der Waals surface area contributed by atoms with Gasteiger partial charge in [0, 0.05) is 36.6 Å². The average Bonchev–Trinajstić information content (AvgIpc) is 2.35. The largest absolute Gasteiger partial charge is 0.381 e. The molecule has 0 radical (unpaired) electrons. The summed E-state index contributed by atoms with van der Waals surface area (Å²) in [5.41, 5.74) is 0.316. The summed E-state index contributed by atoms with van der Waals surface area (Å²) >= 11 is 5.90. The van der Waals surface area contributed by atoms with E-state index in [4.69, 9.17) is 16.3 Å². The molecule has 0 aliphatic carbocycles. The van der Waals surface area contributed by atoms with Crippen LogP contribution in [-0.4, -0.2) is 19.0 Å². The summed E-state index contributed by atoms with van der Waals surface area (Å²) < 4.78 is 18.8. The summed E-state index contributed by atoms with van der Waals surface area (Å²) in [5.74, 6) is 0.0218. The van der Waals surface area contributed by atoms with E-state index < -0.39 is 5.82 Å². The minimum atomic E-state index is -0.400. The van der Waals surface area contributed by atoms with Gasteiger partial charge in [0.1, 0.15) is 11.6 Å². The molecule has 0 atom stereocenters. The van der Waals surface area contributed by atoms with Crippen molar-refractivity contribution < 1.29 is 13.9 Å². The Hall–Kier alpha value is -0.930. The number of hydrogen-bond acceptors (Lipinski definition) is 2. The number of Topliss-reactive ketones (excluding diaryl/α,β-unsaturated/α-hetero) is 1. The quantitative estimate of drug-likeness (QED) is 0.838. The predicted molar refractivity (Wildman–Crippen MR) is 68.3 cm³/mol. The van der Waals surface area contributed by atoms with Crippen LogP contribution in [-0.2, 0) is 16.0 Å². The van der Waals surface area contributed by atoms with Crippen LogP contribution < -0.4 is 0 Å². The van der Waals surface area contributed by atoms with Crippen LogP contribution in [0.4, 0.5) is 4.39 Å². The van der Waals surface area contributed by atoms with Crippen molar-refractivity contribution >= 4 is 17.4 Å². The van der Waals surface area contributed by atoms with Crippen LogP contribution in [0.3, 0.4) is 0 Å². The Morgan fingerprint density at radius 1 is 1.39 bits per heavy atom. The maximum absolute atomic E-state index is 13.5. The van der Waals surface area contributed by atoms with Gasteiger partial charge in [-0.15, -0.1) is 0 Å². The Kier molecular flexibility index (Phi) is 4.72. The second kappa shape index (κ2) is 6.30. The fourth-order valence-corrected chi connectivity index (χ4v) is 2.47. The highest BCUT2D eigenvalue weighted by molar-refractivity contribution is 6.31. The zero-order valence-corrected chi connectivity index (χ0v) is 10.9. The lowest BCUT2D eigenvalue weighted by Gasteiger charge is -2.21. The lowest BCUT2D eigenvalue weighted by molar-refractivity contribution is -0.120. The molecule has 0 amide bonds. The molecule has 4 heteroatoms. The van der Waals surface area contributed by atoms with Gasteiger partial charge in [-0.2, -0.15) is 0 Å². The van der Waals surface area contributed by atoms with Gasteiger partial charge in [-0.3, -0.25) is 4.79 Å². The van der Waals surface area contributed by atoms with E-state index in [0.717, 1.165) is 26.1 Å². The molecule has 1 aliphatic heterocycles. The first-order chi connectivity index (χ1) is 8.66. The van der Waals surface area contributed by atoms with Crippen LogP contribution in [0.25, 0.3) is 0 Å². The highest BCUT2D eigenvalue weighted by Crippen LogP contribution is 2.23. The minimum absolute atomic E-state index is 0.0499. The van der Waals surface area contributed by atoms with Crippen molar-refractivity contribution in [2.75, 3.05) is 13.2 Å². The standard InChI is InChI=1S/C14H16ClFO2/c15-13-2-1-3-14(16)12(13)9-11(17)8-10-4-6-18-7-5-10/h1-3,10H,4-9H2. The summed E-state index contributed by atoms with van der Waals surface area (Å²) in [7, 11) is 0. The van der Waals surface area contributed by atoms with Crippen molar-refractivity contribution in [3.05, 3.63) is 34.6 Å².